The maximum Gasteiger partial charge on any atom is 0.308 e. The van der Waals surface area contributed by atoms with Crippen LogP contribution in [0.4, 0.5) is 0 Å². The molecular formula is C38H76O11. The van der Waals surface area contributed by atoms with Crippen LogP contribution in [-0.2, 0) is 52.2 Å². The van der Waals surface area contributed by atoms with Gasteiger partial charge in [0.25, 0.3) is 0 Å². The van der Waals surface area contributed by atoms with Crippen LogP contribution < -0.4 is 0 Å². The fourth-order valence-corrected chi connectivity index (χ4v) is 4.81. The summed E-state index contributed by atoms with van der Waals surface area (Å²) in [5.41, 5.74) is 0. The lowest BCUT2D eigenvalue weighted by molar-refractivity contribution is -0.150. The second kappa shape index (κ2) is 43.3. The summed E-state index contributed by atoms with van der Waals surface area (Å²) in [6.45, 7) is 16.4. The smallest absolute Gasteiger partial charge is 0.308 e. The van der Waals surface area contributed by atoms with Crippen molar-refractivity contribution in [3.8, 4) is 0 Å². The van der Waals surface area contributed by atoms with E-state index in [0.717, 1.165) is 38.7 Å². The fraction of sp³-hybridized carbons (Fsp3) is 0.974. The van der Waals surface area contributed by atoms with Gasteiger partial charge in [0.15, 0.2) is 0 Å². The highest BCUT2D eigenvalue weighted by Crippen LogP contribution is 2.14. The SMILES string of the molecule is CCCCCCCCCCCCOCCOCCOCCOCCOCCOCCOCCOCCOCCOC(=O)C(CC)CCCC. The highest BCUT2D eigenvalue weighted by atomic mass is 16.6. The third-order valence-corrected chi connectivity index (χ3v) is 7.82. The van der Waals surface area contributed by atoms with E-state index >= 15 is 0 Å². The largest absolute Gasteiger partial charge is 0.463 e. The minimum Gasteiger partial charge on any atom is -0.463 e. The molecule has 11 heteroatoms. The molecule has 0 rings (SSSR count). The Labute approximate surface area is 300 Å². The molecule has 0 bridgehead atoms. The van der Waals surface area contributed by atoms with Crippen molar-refractivity contribution in [3.63, 3.8) is 0 Å². The van der Waals surface area contributed by atoms with Crippen molar-refractivity contribution < 1.29 is 52.2 Å². The molecule has 1 atom stereocenters. The molecule has 0 saturated carbocycles. The lowest BCUT2D eigenvalue weighted by Gasteiger charge is -2.13. The average molecular weight is 709 g/mol. The van der Waals surface area contributed by atoms with Crippen LogP contribution >= 0.6 is 0 Å². The molecule has 11 nitrogen and oxygen atoms in total. The van der Waals surface area contributed by atoms with E-state index in [0.29, 0.717) is 112 Å². The van der Waals surface area contributed by atoms with E-state index in [1.165, 1.54) is 57.8 Å². The molecule has 0 amide bonds. The van der Waals surface area contributed by atoms with Crippen LogP contribution in [0.2, 0.25) is 0 Å². The summed E-state index contributed by atoms with van der Waals surface area (Å²) in [5, 5.41) is 0. The number of unbranched alkanes of at least 4 members (excludes halogenated alkanes) is 10. The van der Waals surface area contributed by atoms with Crippen molar-refractivity contribution in [3.05, 3.63) is 0 Å². The van der Waals surface area contributed by atoms with Crippen molar-refractivity contribution >= 4 is 5.97 Å². The molecule has 0 aromatic heterocycles. The second-order valence-corrected chi connectivity index (χ2v) is 12.1. The van der Waals surface area contributed by atoms with Crippen LogP contribution in [0.1, 0.15) is 111 Å². The quantitative estimate of drug-likeness (QED) is 0.0492. The standard InChI is InChI=1S/C38H76O11/c1-4-7-9-10-11-12-13-14-15-16-18-40-19-20-41-21-22-42-23-24-43-25-26-44-27-28-45-29-30-46-31-32-47-33-34-48-35-36-49-38(39)37(6-3)17-8-5-2/h37H,4-36H2,1-3H3. The first-order valence-electron chi connectivity index (χ1n) is 19.6. The first-order chi connectivity index (χ1) is 24.3. The normalized spacial score (nSPS) is 12.1. The Morgan fingerprint density at radius 1 is 0.347 bits per heavy atom. The van der Waals surface area contributed by atoms with Crippen LogP contribution in [0.3, 0.4) is 0 Å². The summed E-state index contributed by atoms with van der Waals surface area (Å²) in [6, 6.07) is 0. The van der Waals surface area contributed by atoms with Gasteiger partial charge in [0.1, 0.15) is 6.61 Å². The van der Waals surface area contributed by atoms with E-state index in [-0.39, 0.29) is 18.5 Å². The van der Waals surface area contributed by atoms with Gasteiger partial charge in [-0.25, -0.2) is 0 Å². The van der Waals surface area contributed by atoms with E-state index in [1.807, 2.05) is 6.92 Å². The molecule has 0 aliphatic rings. The van der Waals surface area contributed by atoms with Gasteiger partial charge in [-0.3, -0.25) is 4.79 Å². The van der Waals surface area contributed by atoms with Gasteiger partial charge < -0.3 is 47.4 Å². The van der Waals surface area contributed by atoms with Gasteiger partial charge >= 0.3 is 5.97 Å². The molecular weight excluding hydrogens is 632 g/mol. The molecule has 0 aromatic rings. The first-order valence-corrected chi connectivity index (χ1v) is 19.6. The van der Waals surface area contributed by atoms with Gasteiger partial charge in [-0.05, 0) is 19.3 Å². The minimum absolute atomic E-state index is 0.000784. The van der Waals surface area contributed by atoms with E-state index in [4.69, 9.17) is 47.4 Å². The number of ether oxygens (including phenoxy) is 10. The Hall–Kier alpha value is -0.890. The monoisotopic (exact) mass is 709 g/mol. The predicted molar refractivity (Wildman–Crippen MR) is 193 cm³/mol. The van der Waals surface area contributed by atoms with Crippen LogP contribution in [0, 0.1) is 5.92 Å². The first kappa shape index (κ1) is 48.1. The molecule has 0 fully saturated rings. The van der Waals surface area contributed by atoms with Crippen molar-refractivity contribution in [2.24, 2.45) is 5.92 Å². The van der Waals surface area contributed by atoms with Gasteiger partial charge in [-0.2, -0.15) is 0 Å². The molecule has 294 valence electrons. The Balaban J connectivity index is 3.13. The summed E-state index contributed by atoms with van der Waals surface area (Å²) < 4.78 is 55.0. The van der Waals surface area contributed by atoms with E-state index in [2.05, 4.69) is 13.8 Å². The summed E-state index contributed by atoms with van der Waals surface area (Å²) >= 11 is 0. The van der Waals surface area contributed by atoms with Crippen molar-refractivity contribution in [2.45, 2.75) is 111 Å². The van der Waals surface area contributed by atoms with E-state index < -0.39 is 0 Å². The number of hydrogen-bond donors (Lipinski definition) is 0. The zero-order chi connectivity index (χ0) is 35.6. The third kappa shape index (κ3) is 39.7. The van der Waals surface area contributed by atoms with Gasteiger partial charge in [0.05, 0.1) is 118 Å². The molecule has 0 spiro atoms. The van der Waals surface area contributed by atoms with Crippen LogP contribution in [-0.4, -0.2) is 132 Å². The average Bonchev–Trinajstić information content (AvgIpc) is 3.11. The Morgan fingerprint density at radius 2 is 0.633 bits per heavy atom. The minimum atomic E-state index is -0.115. The molecule has 49 heavy (non-hydrogen) atoms. The molecule has 0 aliphatic heterocycles. The summed E-state index contributed by atoms with van der Waals surface area (Å²) in [5.74, 6) is -0.114. The third-order valence-electron chi connectivity index (χ3n) is 7.82. The van der Waals surface area contributed by atoms with Crippen LogP contribution in [0.25, 0.3) is 0 Å². The summed E-state index contributed by atoms with van der Waals surface area (Å²) in [7, 11) is 0. The van der Waals surface area contributed by atoms with Gasteiger partial charge in [0.2, 0.25) is 0 Å². The van der Waals surface area contributed by atoms with Gasteiger partial charge in [-0.15, -0.1) is 0 Å². The van der Waals surface area contributed by atoms with Crippen molar-refractivity contribution in [1.29, 1.82) is 0 Å². The molecule has 0 aliphatic carbocycles. The topological polar surface area (TPSA) is 109 Å². The lowest BCUT2D eigenvalue weighted by atomic mass is 10.00. The zero-order valence-electron chi connectivity index (χ0n) is 31.9. The number of rotatable bonds is 43. The van der Waals surface area contributed by atoms with Gasteiger partial charge in [0, 0.05) is 6.61 Å². The number of hydrogen-bond acceptors (Lipinski definition) is 11. The molecule has 1 unspecified atom stereocenters. The van der Waals surface area contributed by atoms with Crippen LogP contribution in [0.15, 0.2) is 0 Å². The molecule has 0 heterocycles. The lowest BCUT2D eigenvalue weighted by Crippen LogP contribution is -2.20. The summed E-state index contributed by atoms with van der Waals surface area (Å²) in [6.07, 6.45) is 17.3. The molecule has 0 radical (unpaired) electrons. The Bertz CT molecular complexity index is 626. The van der Waals surface area contributed by atoms with Crippen molar-refractivity contribution in [1.82, 2.24) is 0 Å². The molecule has 0 saturated heterocycles. The Kier molecular flexibility index (Phi) is 42.5. The van der Waals surface area contributed by atoms with Crippen LogP contribution in [0.5, 0.6) is 0 Å². The van der Waals surface area contributed by atoms with E-state index in [9.17, 15) is 4.79 Å². The highest BCUT2D eigenvalue weighted by molar-refractivity contribution is 5.72. The summed E-state index contributed by atoms with van der Waals surface area (Å²) in [4.78, 5) is 12.0. The number of carbonyl (C=O) groups is 1. The number of esters is 1. The highest BCUT2D eigenvalue weighted by Gasteiger charge is 2.16. The maximum atomic E-state index is 12.0. The van der Waals surface area contributed by atoms with Gasteiger partial charge in [-0.1, -0.05) is 91.4 Å². The Morgan fingerprint density at radius 3 is 0.959 bits per heavy atom. The van der Waals surface area contributed by atoms with Crippen molar-refractivity contribution in [2.75, 3.05) is 126 Å². The zero-order valence-corrected chi connectivity index (χ0v) is 31.9. The fourth-order valence-electron chi connectivity index (χ4n) is 4.81. The number of carbonyl (C=O) groups excluding carboxylic acids is 1. The van der Waals surface area contributed by atoms with E-state index in [1.54, 1.807) is 0 Å². The molecule has 0 N–H and O–H groups in total. The molecule has 0 aromatic carbocycles. The predicted octanol–water partition coefficient (Wildman–Crippen LogP) is 6.82. The second-order valence-electron chi connectivity index (χ2n) is 12.1. The maximum absolute atomic E-state index is 12.0.